The fraction of sp³-hybridized carbons (Fsp3) is 0.100. The van der Waals surface area contributed by atoms with Crippen LogP contribution < -0.4 is 9.84 Å². The predicted octanol–water partition coefficient (Wildman–Crippen LogP) is -0.459. The number of H-pyrrole nitrogens is 1. The fourth-order valence-corrected chi connectivity index (χ4v) is 1.12. The van der Waals surface area contributed by atoms with Crippen molar-refractivity contribution in [3.8, 4) is 11.8 Å². The molecule has 0 bridgehead atoms. The summed E-state index contributed by atoms with van der Waals surface area (Å²) in [5.41, 5.74) is 0.519. The second-order valence-corrected chi connectivity index (χ2v) is 3.14. The van der Waals surface area contributed by atoms with E-state index < -0.39 is 5.90 Å². The van der Waals surface area contributed by atoms with Gasteiger partial charge in [0, 0.05) is 5.90 Å². The highest BCUT2D eigenvalue weighted by Gasteiger charge is 1.96. The Morgan fingerprint density at radius 3 is 2.83 bits per heavy atom. The van der Waals surface area contributed by atoms with Gasteiger partial charge in [-0.25, -0.2) is 4.99 Å². The van der Waals surface area contributed by atoms with E-state index in [1.54, 1.807) is 24.3 Å². The summed E-state index contributed by atoms with van der Waals surface area (Å²) in [6.07, 6.45) is 0. The molecule has 0 unspecified atom stereocenters. The molecule has 0 aliphatic carbocycles. The third kappa shape index (κ3) is 3.02. The molecule has 0 aliphatic heterocycles. The van der Waals surface area contributed by atoms with Crippen molar-refractivity contribution in [1.82, 2.24) is 20.6 Å². The third-order valence-corrected chi connectivity index (χ3v) is 1.90. The van der Waals surface area contributed by atoms with Gasteiger partial charge in [0.2, 0.25) is 0 Å². The number of hydrogen-bond acceptors (Lipinski definition) is 7. The van der Waals surface area contributed by atoms with Crippen LogP contribution in [0.1, 0.15) is 5.56 Å². The van der Waals surface area contributed by atoms with Crippen molar-refractivity contribution in [3.63, 3.8) is 0 Å². The van der Waals surface area contributed by atoms with Crippen molar-refractivity contribution in [1.29, 1.82) is 5.26 Å². The molecule has 8 heteroatoms. The van der Waals surface area contributed by atoms with E-state index in [4.69, 9.17) is 10.00 Å². The lowest BCUT2D eigenvalue weighted by Crippen LogP contribution is -2.25. The van der Waals surface area contributed by atoms with E-state index in [1.807, 2.05) is 6.07 Å². The van der Waals surface area contributed by atoms with Crippen LogP contribution in [0.4, 0.5) is 5.95 Å². The molecule has 18 heavy (non-hydrogen) atoms. The van der Waals surface area contributed by atoms with Crippen LogP contribution in [0.2, 0.25) is 0 Å². The summed E-state index contributed by atoms with van der Waals surface area (Å²) < 4.78 is 5.18. The van der Waals surface area contributed by atoms with Gasteiger partial charge in [-0.1, -0.05) is 5.10 Å². The van der Waals surface area contributed by atoms with Crippen LogP contribution in [0, 0.1) is 11.3 Å². The molecule has 0 radical (unpaired) electrons. The standard InChI is InChI=1S/C10H8N6O2/c11-5-7-1-3-8(4-2-7)18-6-9(17)12-10-13-15-16-14-10/h1-4H,6H2,(H2,12,13,14,15,16,17)/p-1. The highest BCUT2D eigenvalue weighted by molar-refractivity contribution is 5.75. The molecule has 0 atom stereocenters. The van der Waals surface area contributed by atoms with E-state index in [-0.39, 0.29) is 12.6 Å². The van der Waals surface area contributed by atoms with Crippen molar-refractivity contribution in [2.24, 2.45) is 4.99 Å². The Balaban J connectivity index is 1.93. The van der Waals surface area contributed by atoms with Gasteiger partial charge in [-0.2, -0.15) is 10.5 Å². The predicted molar refractivity (Wildman–Crippen MR) is 57.9 cm³/mol. The first-order valence-corrected chi connectivity index (χ1v) is 4.89. The van der Waals surface area contributed by atoms with Crippen molar-refractivity contribution in [3.05, 3.63) is 29.8 Å². The van der Waals surface area contributed by atoms with Gasteiger partial charge in [-0.3, -0.25) is 0 Å². The minimum Gasteiger partial charge on any atom is -0.859 e. The normalized spacial score (nSPS) is 10.9. The van der Waals surface area contributed by atoms with Gasteiger partial charge in [0.1, 0.15) is 12.4 Å². The lowest BCUT2D eigenvalue weighted by molar-refractivity contribution is -0.220. The topological polar surface area (TPSA) is 123 Å². The smallest absolute Gasteiger partial charge is 0.288 e. The van der Waals surface area contributed by atoms with Crippen LogP contribution in [0.3, 0.4) is 0 Å². The van der Waals surface area contributed by atoms with Crippen molar-refractivity contribution < 1.29 is 9.84 Å². The zero-order valence-electron chi connectivity index (χ0n) is 9.07. The summed E-state index contributed by atoms with van der Waals surface area (Å²) in [5, 5.41) is 32.4. The zero-order chi connectivity index (χ0) is 12.8. The lowest BCUT2D eigenvalue weighted by atomic mass is 10.2. The SMILES string of the molecule is N#Cc1ccc(OCC([O-])=Nc2nn[nH]n2)cc1. The first kappa shape index (κ1) is 11.5. The van der Waals surface area contributed by atoms with E-state index in [9.17, 15) is 5.11 Å². The van der Waals surface area contributed by atoms with Crippen LogP contribution in [0.15, 0.2) is 29.3 Å². The van der Waals surface area contributed by atoms with Crippen molar-refractivity contribution >= 4 is 11.8 Å². The monoisotopic (exact) mass is 243 g/mol. The average Bonchev–Trinajstić information content (AvgIpc) is 2.90. The third-order valence-electron chi connectivity index (χ3n) is 1.90. The number of aromatic nitrogens is 4. The molecule has 1 aromatic heterocycles. The van der Waals surface area contributed by atoms with Crippen molar-refractivity contribution in [2.75, 3.05) is 6.61 Å². The number of nitriles is 1. The second kappa shape index (κ2) is 5.40. The van der Waals surface area contributed by atoms with Gasteiger partial charge < -0.3 is 9.84 Å². The first-order chi connectivity index (χ1) is 8.78. The molecule has 0 saturated carbocycles. The lowest BCUT2D eigenvalue weighted by Gasteiger charge is -2.10. The van der Waals surface area contributed by atoms with Gasteiger partial charge in [-0.05, 0) is 29.5 Å². The fourth-order valence-electron chi connectivity index (χ4n) is 1.12. The molecule has 1 aromatic carbocycles. The summed E-state index contributed by atoms with van der Waals surface area (Å²) in [4.78, 5) is 3.54. The molecular formula is C10H7N6O2-. The maximum Gasteiger partial charge on any atom is 0.288 e. The number of tetrazole rings is 1. The Labute approximate surface area is 102 Å². The second-order valence-electron chi connectivity index (χ2n) is 3.14. The van der Waals surface area contributed by atoms with E-state index in [0.717, 1.165) is 0 Å². The molecule has 0 saturated heterocycles. The molecular weight excluding hydrogens is 236 g/mol. The number of hydrogen-bond donors (Lipinski definition) is 1. The Bertz CT molecular complexity index is 569. The number of rotatable bonds is 4. The number of aliphatic imine (C=N–C) groups is 1. The van der Waals surface area contributed by atoms with E-state index in [0.29, 0.717) is 11.3 Å². The molecule has 1 heterocycles. The van der Waals surface area contributed by atoms with Crippen molar-refractivity contribution in [2.45, 2.75) is 0 Å². The van der Waals surface area contributed by atoms with Crippen LogP contribution in [0.25, 0.3) is 0 Å². The maximum atomic E-state index is 11.3. The largest absolute Gasteiger partial charge is 0.859 e. The molecule has 2 rings (SSSR count). The highest BCUT2D eigenvalue weighted by Crippen LogP contribution is 2.11. The van der Waals surface area contributed by atoms with Crippen LogP contribution >= 0.6 is 0 Å². The molecule has 2 aromatic rings. The summed E-state index contributed by atoms with van der Waals surface area (Å²) in [7, 11) is 0. The van der Waals surface area contributed by atoms with Crippen LogP contribution in [0.5, 0.6) is 5.75 Å². The summed E-state index contributed by atoms with van der Waals surface area (Å²) in [5.74, 6) is -0.0881. The zero-order valence-corrected chi connectivity index (χ0v) is 9.07. The minimum atomic E-state index is -0.527. The molecule has 0 amide bonds. The number of aromatic amines is 1. The number of benzene rings is 1. The highest BCUT2D eigenvalue weighted by atomic mass is 16.5. The first-order valence-electron chi connectivity index (χ1n) is 4.89. The quantitative estimate of drug-likeness (QED) is 0.572. The van der Waals surface area contributed by atoms with Gasteiger partial charge in [0.15, 0.2) is 0 Å². The molecule has 8 nitrogen and oxygen atoms in total. The minimum absolute atomic E-state index is 0.0385. The maximum absolute atomic E-state index is 11.3. The Morgan fingerprint density at radius 2 is 2.22 bits per heavy atom. The molecule has 0 aliphatic rings. The molecule has 0 fully saturated rings. The Hall–Kier alpha value is -2.95. The summed E-state index contributed by atoms with van der Waals surface area (Å²) in [6.45, 7) is -0.236. The summed E-state index contributed by atoms with van der Waals surface area (Å²) in [6, 6.07) is 8.36. The molecule has 1 N–H and O–H groups in total. The van der Waals surface area contributed by atoms with Gasteiger partial charge in [0.25, 0.3) is 5.95 Å². The number of nitrogens with one attached hydrogen (secondary N) is 1. The molecule has 0 spiro atoms. The Morgan fingerprint density at radius 1 is 1.44 bits per heavy atom. The van der Waals surface area contributed by atoms with E-state index >= 15 is 0 Å². The van der Waals surface area contributed by atoms with Crippen LogP contribution in [-0.2, 0) is 0 Å². The Kier molecular flexibility index (Phi) is 3.46. The average molecular weight is 243 g/mol. The number of nitrogens with zero attached hydrogens (tertiary/aromatic N) is 5. The number of ether oxygens (including phenoxy) is 1. The van der Waals surface area contributed by atoms with Crippen LogP contribution in [-0.4, -0.2) is 33.1 Å². The van der Waals surface area contributed by atoms with Gasteiger partial charge in [0.05, 0.1) is 11.6 Å². The van der Waals surface area contributed by atoms with E-state index in [1.165, 1.54) is 0 Å². The summed E-state index contributed by atoms with van der Waals surface area (Å²) >= 11 is 0. The molecule has 90 valence electrons. The van der Waals surface area contributed by atoms with Gasteiger partial charge >= 0.3 is 0 Å². The van der Waals surface area contributed by atoms with Gasteiger partial charge in [-0.15, -0.1) is 5.10 Å². The van der Waals surface area contributed by atoms with E-state index in [2.05, 4.69) is 25.6 Å².